The van der Waals surface area contributed by atoms with Gasteiger partial charge in [0.2, 0.25) is 0 Å². The fourth-order valence-electron chi connectivity index (χ4n) is 5.32. The van der Waals surface area contributed by atoms with E-state index >= 15 is 0 Å². The first-order valence-corrected chi connectivity index (χ1v) is 13.2. The second kappa shape index (κ2) is 10.1. The number of nitrogens with one attached hydrogen (secondary N) is 2. The van der Waals surface area contributed by atoms with Gasteiger partial charge < -0.3 is 25.2 Å². The summed E-state index contributed by atoms with van der Waals surface area (Å²) in [6.45, 7) is 7.85. The molecule has 1 aromatic heterocycles. The number of carbonyl (C=O) groups is 1. The smallest absolute Gasteiger partial charge is 0.256 e. The van der Waals surface area contributed by atoms with Crippen molar-refractivity contribution < 1.29 is 9.53 Å². The van der Waals surface area contributed by atoms with Crippen molar-refractivity contribution >= 4 is 17.2 Å². The molecule has 0 bridgehead atoms. The van der Waals surface area contributed by atoms with Gasteiger partial charge >= 0.3 is 0 Å². The van der Waals surface area contributed by atoms with Crippen LogP contribution in [-0.4, -0.2) is 79.1 Å². The lowest BCUT2D eigenvalue weighted by Crippen LogP contribution is -2.35. The molecule has 2 fully saturated rings. The molecular formula is C30H34N6O2. The first-order valence-electron chi connectivity index (χ1n) is 13.2. The molecule has 2 N–H and O–H groups in total. The zero-order chi connectivity index (χ0) is 26.2. The van der Waals surface area contributed by atoms with Gasteiger partial charge in [-0.15, -0.1) is 0 Å². The van der Waals surface area contributed by atoms with Gasteiger partial charge in [-0.05, 0) is 54.0 Å². The highest BCUT2D eigenvalue weighted by Gasteiger charge is 2.30. The Bertz CT molecular complexity index is 1400. The fraction of sp³-hybridized carbons (Fsp3) is 0.333. The fourth-order valence-corrected chi connectivity index (χ4v) is 5.32. The molecule has 8 nitrogen and oxygen atoms in total. The molecule has 2 aromatic rings. The van der Waals surface area contributed by atoms with Crippen LogP contribution in [0.1, 0.15) is 18.1 Å². The molecule has 0 aliphatic carbocycles. The van der Waals surface area contributed by atoms with Crippen molar-refractivity contribution in [1.29, 1.82) is 0 Å². The number of morpholine rings is 1. The van der Waals surface area contributed by atoms with Gasteiger partial charge in [0, 0.05) is 81.3 Å². The van der Waals surface area contributed by atoms with E-state index in [1.54, 1.807) is 0 Å². The Labute approximate surface area is 224 Å². The Kier molecular flexibility index (Phi) is 6.51. The number of nitrogens with zero attached hydrogens (tertiary/aromatic N) is 4. The third kappa shape index (κ3) is 4.97. The summed E-state index contributed by atoms with van der Waals surface area (Å²) < 4.78 is 5.48. The standard InChI is InChI=1S/C30H34N6O2/c1-20-14-32-26-6-4-22(23-12-21(15-31-16-23)17-35-8-10-38-11-9-35)13-25(26)29(20)30(37)33-24-5-7-27(34(2)3)28-19-36(28)18-24/h4-7,12-13,15-16,18,32H,8-11,14,17,19H2,1-3H3,(H,33,37). The summed E-state index contributed by atoms with van der Waals surface area (Å²) in [5, 5.41) is 6.63. The van der Waals surface area contributed by atoms with E-state index in [0.29, 0.717) is 6.54 Å². The van der Waals surface area contributed by atoms with Crippen molar-refractivity contribution in [3.63, 3.8) is 0 Å². The Morgan fingerprint density at radius 3 is 2.79 bits per heavy atom. The number of ether oxygens (including phenoxy) is 1. The summed E-state index contributed by atoms with van der Waals surface area (Å²) in [6, 6.07) is 8.49. The van der Waals surface area contributed by atoms with Gasteiger partial charge in [-0.25, -0.2) is 0 Å². The molecule has 38 heavy (non-hydrogen) atoms. The van der Waals surface area contributed by atoms with Crippen molar-refractivity contribution in [2.45, 2.75) is 13.5 Å². The van der Waals surface area contributed by atoms with Crippen LogP contribution >= 0.6 is 0 Å². The summed E-state index contributed by atoms with van der Waals surface area (Å²) in [6.07, 6.45) is 9.90. The van der Waals surface area contributed by atoms with Gasteiger partial charge in [-0.2, -0.15) is 0 Å². The van der Waals surface area contributed by atoms with Crippen LogP contribution in [0.2, 0.25) is 0 Å². The highest BCUT2D eigenvalue weighted by Crippen LogP contribution is 2.36. The SMILES string of the molecule is CC1=C(C(=O)NC2=CN3CC3=C(N(C)C)C=C2)c2cc(-c3cncc(CN4CCOCC4)c3)ccc2NC1. The first kappa shape index (κ1) is 24.5. The van der Waals surface area contributed by atoms with Crippen molar-refractivity contribution in [2.24, 2.45) is 0 Å². The quantitative estimate of drug-likeness (QED) is 0.577. The maximum atomic E-state index is 13.7. The minimum absolute atomic E-state index is 0.0887. The van der Waals surface area contributed by atoms with E-state index in [2.05, 4.69) is 60.7 Å². The average molecular weight is 511 g/mol. The Morgan fingerprint density at radius 2 is 1.97 bits per heavy atom. The van der Waals surface area contributed by atoms with Crippen LogP contribution in [0.5, 0.6) is 0 Å². The van der Waals surface area contributed by atoms with E-state index < -0.39 is 0 Å². The van der Waals surface area contributed by atoms with E-state index in [0.717, 1.165) is 78.6 Å². The maximum absolute atomic E-state index is 13.7. The number of anilines is 1. The van der Waals surface area contributed by atoms with E-state index in [4.69, 9.17) is 4.74 Å². The molecule has 5 heterocycles. The average Bonchev–Trinajstić information content (AvgIpc) is 3.68. The molecule has 4 aliphatic rings. The largest absolute Gasteiger partial charge is 0.381 e. The number of fused-ring (bicyclic) bond motifs is 2. The number of allylic oxidation sites excluding steroid dienone is 2. The molecular weight excluding hydrogens is 476 g/mol. The monoisotopic (exact) mass is 510 g/mol. The molecule has 0 spiro atoms. The predicted octanol–water partition coefficient (Wildman–Crippen LogP) is 3.40. The lowest BCUT2D eigenvalue weighted by Gasteiger charge is -2.26. The molecule has 1 aromatic carbocycles. The number of carbonyl (C=O) groups excluding carboxylic acids is 1. The Hall–Kier alpha value is -3.88. The van der Waals surface area contributed by atoms with Gasteiger partial charge in [0.15, 0.2) is 0 Å². The van der Waals surface area contributed by atoms with Crippen molar-refractivity contribution in [3.05, 3.63) is 88.8 Å². The van der Waals surface area contributed by atoms with E-state index in [9.17, 15) is 4.79 Å². The highest BCUT2D eigenvalue weighted by molar-refractivity contribution is 6.23. The third-order valence-corrected chi connectivity index (χ3v) is 7.44. The van der Waals surface area contributed by atoms with Crippen LogP contribution in [0, 0.1) is 0 Å². The number of hydrogen-bond acceptors (Lipinski definition) is 7. The van der Waals surface area contributed by atoms with E-state index in [1.807, 2.05) is 45.7 Å². The molecule has 0 radical (unpaired) electrons. The van der Waals surface area contributed by atoms with Crippen molar-refractivity contribution in [2.75, 3.05) is 58.8 Å². The van der Waals surface area contributed by atoms with Gasteiger partial charge in [0.05, 0.1) is 36.8 Å². The lowest BCUT2D eigenvalue weighted by molar-refractivity contribution is -0.114. The molecule has 8 heteroatoms. The lowest BCUT2D eigenvalue weighted by atomic mass is 9.91. The predicted molar refractivity (Wildman–Crippen MR) is 150 cm³/mol. The maximum Gasteiger partial charge on any atom is 0.256 e. The second-order valence-electron chi connectivity index (χ2n) is 10.5. The number of pyridine rings is 1. The van der Waals surface area contributed by atoms with Crippen LogP contribution < -0.4 is 10.6 Å². The molecule has 196 valence electrons. The highest BCUT2D eigenvalue weighted by atomic mass is 16.5. The van der Waals surface area contributed by atoms with Crippen LogP contribution in [0.3, 0.4) is 0 Å². The molecule has 0 atom stereocenters. The third-order valence-electron chi connectivity index (χ3n) is 7.44. The van der Waals surface area contributed by atoms with Crippen LogP contribution in [-0.2, 0) is 16.1 Å². The number of benzene rings is 1. The number of aromatic nitrogens is 1. The zero-order valence-electron chi connectivity index (χ0n) is 22.3. The van der Waals surface area contributed by atoms with Gasteiger partial charge in [-0.1, -0.05) is 6.07 Å². The second-order valence-corrected chi connectivity index (χ2v) is 10.5. The summed E-state index contributed by atoms with van der Waals surface area (Å²) in [5.41, 5.74) is 10.1. The van der Waals surface area contributed by atoms with E-state index in [-0.39, 0.29) is 5.91 Å². The van der Waals surface area contributed by atoms with Crippen LogP contribution in [0.15, 0.2) is 77.7 Å². The van der Waals surface area contributed by atoms with Crippen LogP contribution in [0.4, 0.5) is 5.69 Å². The van der Waals surface area contributed by atoms with Gasteiger partial charge in [0.25, 0.3) is 5.91 Å². The molecule has 6 rings (SSSR count). The van der Waals surface area contributed by atoms with Gasteiger partial charge in [0.1, 0.15) is 0 Å². The zero-order valence-corrected chi connectivity index (χ0v) is 22.3. The van der Waals surface area contributed by atoms with Crippen molar-refractivity contribution in [1.82, 2.24) is 25.0 Å². The Balaban J connectivity index is 1.25. The molecule has 1 amide bonds. The number of hydrogen-bond donors (Lipinski definition) is 2. The van der Waals surface area contributed by atoms with Crippen LogP contribution in [0.25, 0.3) is 16.7 Å². The minimum Gasteiger partial charge on any atom is -0.381 e. The number of likely N-dealkylation sites (N-methyl/N-ethyl adjacent to an activating group) is 1. The normalized spacial score (nSPS) is 18.8. The summed E-state index contributed by atoms with van der Waals surface area (Å²) in [4.78, 5) is 24.9. The summed E-state index contributed by atoms with van der Waals surface area (Å²) >= 11 is 0. The molecule has 2 saturated heterocycles. The molecule has 0 saturated carbocycles. The topological polar surface area (TPSA) is 72.7 Å². The van der Waals surface area contributed by atoms with Crippen molar-refractivity contribution in [3.8, 4) is 11.1 Å². The number of rotatable bonds is 6. The molecule has 4 aliphatic heterocycles. The Morgan fingerprint density at radius 1 is 1.13 bits per heavy atom. The molecule has 0 unspecified atom stereocenters. The first-order chi connectivity index (χ1) is 18.5. The number of amides is 1. The summed E-state index contributed by atoms with van der Waals surface area (Å²) in [5.74, 6) is -0.0887. The minimum atomic E-state index is -0.0887. The van der Waals surface area contributed by atoms with Gasteiger partial charge in [-0.3, -0.25) is 14.7 Å². The van der Waals surface area contributed by atoms with E-state index in [1.165, 1.54) is 17.0 Å². The summed E-state index contributed by atoms with van der Waals surface area (Å²) in [7, 11) is 4.08.